The Hall–Kier alpha value is -1.94. The van der Waals surface area contributed by atoms with Crippen LogP contribution in [0.2, 0.25) is 0 Å². The summed E-state index contributed by atoms with van der Waals surface area (Å²) in [6.45, 7) is 11.9. The zero-order valence-corrected chi connectivity index (χ0v) is 63.2. The summed E-state index contributed by atoms with van der Waals surface area (Å²) in [5.41, 5.74) is 0. The van der Waals surface area contributed by atoms with Crippen LogP contribution in [0.1, 0.15) is 382 Å². The van der Waals surface area contributed by atoms with Gasteiger partial charge >= 0.3 is 39.5 Å². The van der Waals surface area contributed by atoms with Crippen molar-refractivity contribution in [1.82, 2.24) is 0 Å². The molecule has 94 heavy (non-hydrogen) atoms. The third kappa shape index (κ3) is 68.6. The minimum atomic E-state index is -4.96. The van der Waals surface area contributed by atoms with E-state index in [2.05, 4.69) is 48.5 Å². The van der Waals surface area contributed by atoms with Gasteiger partial charge in [-0.25, -0.2) is 9.13 Å². The van der Waals surface area contributed by atoms with E-state index >= 15 is 0 Å². The SMILES string of the molecule is CCCCCCCCCCCCCCCCCCC(=O)O[C@H](COC(=O)CCCCCCCCCCCCC(C)C)COP(=O)(O)OC[C@@H](O)COP(=O)(O)OC[C@@H](COC(=O)CCCCCCCCCCCC(C)C)OC(=O)CCCCCCCCCCCCC(C)C. The number of aliphatic hydroxyl groups is 1. The zero-order chi connectivity index (χ0) is 69.4. The Morgan fingerprint density at radius 1 is 0.287 bits per heavy atom. The Balaban J connectivity index is 5.27. The summed E-state index contributed by atoms with van der Waals surface area (Å²) in [6, 6.07) is 0. The number of unbranched alkanes of at least 4 members (excludes halogenated alkanes) is 41. The third-order valence-electron chi connectivity index (χ3n) is 17.4. The van der Waals surface area contributed by atoms with E-state index < -0.39 is 97.5 Å². The highest BCUT2D eigenvalue weighted by molar-refractivity contribution is 7.47. The fraction of sp³-hybridized carbons (Fsp3) is 0.947. The summed E-state index contributed by atoms with van der Waals surface area (Å²) in [5.74, 6) is 0.136. The van der Waals surface area contributed by atoms with Gasteiger partial charge in [-0.2, -0.15) is 0 Å². The fourth-order valence-corrected chi connectivity index (χ4v) is 13.0. The summed E-state index contributed by atoms with van der Waals surface area (Å²) in [7, 11) is -9.91. The van der Waals surface area contributed by atoms with Crippen LogP contribution in [0.5, 0.6) is 0 Å². The van der Waals surface area contributed by atoms with Gasteiger partial charge in [-0.15, -0.1) is 0 Å². The first-order valence-corrected chi connectivity index (χ1v) is 41.8. The van der Waals surface area contributed by atoms with Crippen molar-refractivity contribution in [2.24, 2.45) is 17.8 Å². The first-order valence-electron chi connectivity index (χ1n) is 38.8. The van der Waals surface area contributed by atoms with Crippen molar-refractivity contribution in [1.29, 1.82) is 0 Å². The molecular weight excluding hydrogens is 1230 g/mol. The third-order valence-corrected chi connectivity index (χ3v) is 19.3. The van der Waals surface area contributed by atoms with E-state index in [0.29, 0.717) is 25.7 Å². The molecule has 0 fully saturated rings. The maximum absolute atomic E-state index is 13.1. The van der Waals surface area contributed by atoms with Gasteiger partial charge in [0, 0.05) is 25.7 Å². The summed E-state index contributed by atoms with van der Waals surface area (Å²) in [5, 5.41) is 10.6. The minimum absolute atomic E-state index is 0.105. The molecule has 0 aliphatic carbocycles. The van der Waals surface area contributed by atoms with Crippen molar-refractivity contribution >= 4 is 39.5 Å². The normalized spacial score (nSPS) is 14.1. The van der Waals surface area contributed by atoms with E-state index in [0.717, 1.165) is 108 Å². The number of hydrogen-bond acceptors (Lipinski definition) is 15. The monoisotopic (exact) mass is 1380 g/mol. The molecule has 0 rings (SSSR count). The average molecular weight is 1380 g/mol. The molecule has 17 nitrogen and oxygen atoms in total. The summed E-state index contributed by atoms with van der Waals surface area (Å²) >= 11 is 0. The molecule has 0 spiro atoms. The van der Waals surface area contributed by atoms with Crippen molar-refractivity contribution in [2.45, 2.75) is 401 Å². The van der Waals surface area contributed by atoms with Crippen LogP contribution in [0.4, 0.5) is 0 Å². The van der Waals surface area contributed by atoms with Crippen molar-refractivity contribution < 1.29 is 80.2 Å². The summed E-state index contributed by atoms with van der Waals surface area (Å²) < 4.78 is 68.5. The van der Waals surface area contributed by atoms with Crippen LogP contribution >= 0.6 is 15.6 Å². The van der Waals surface area contributed by atoms with Gasteiger partial charge in [-0.3, -0.25) is 37.3 Å². The molecule has 0 saturated carbocycles. The molecular formula is C75H146O17P2. The second-order valence-electron chi connectivity index (χ2n) is 28.5. The van der Waals surface area contributed by atoms with Gasteiger partial charge in [0.25, 0.3) is 0 Å². The lowest BCUT2D eigenvalue weighted by Crippen LogP contribution is -2.30. The number of ether oxygens (including phenoxy) is 4. The number of phosphoric ester groups is 2. The summed E-state index contributed by atoms with van der Waals surface area (Å²) in [6.07, 6.45) is 51.3. The van der Waals surface area contributed by atoms with Gasteiger partial charge in [0.15, 0.2) is 12.2 Å². The van der Waals surface area contributed by atoms with Crippen LogP contribution in [0.15, 0.2) is 0 Å². The fourth-order valence-electron chi connectivity index (χ4n) is 11.4. The molecule has 19 heteroatoms. The standard InChI is InChI=1S/C75H146O17P2/c1-8-9-10-11-12-13-14-15-16-17-18-19-29-37-44-51-58-74(79)91-70(62-85-72(77)56-49-42-35-28-22-20-25-32-39-46-53-66(2)3)64-89-93(81,82)87-60-69(76)61-88-94(83,84)90-65-71(63-86-73(78)57-50-43-36-31-24-27-34-41-48-55-68(6)7)92-75(80)59-52-45-38-30-23-21-26-33-40-47-54-67(4)5/h66-71,76H,8-65H2,1-7H3,(H,81,82)(H,83,84)/t69-,70-,71-/m1/s1. The molecule has 0 saturated heterocycles. The molecule has 0 aromatic rings. The van der Waals surface area contributed by atoms with E-state index in [1.807, 2.05) is 0 Å². The predicted molar refractivity (Wildman–Crippen MR) is 381 cm³/mol. The van der Waals surface area contributed by atoms with E-state index in [-0.39, 0.29) is 25.7 Å². The van der Waals surface area contributed by atoms with Crippen LogP contribution in [0, 0.1) is 17.8 Å². The number of rotatable bonds is 73. The smallest absolute Gasteiger partial charge is 0.462 e. The molecule has 0 bridgehead atoms. The second kappa shape index (κ2) is 65.7. The molecule has 0 aromatic carbocycles. The number of aliphatic hydroxyl groups excluding tert-OH is 1. The highest BCUT2D eigenvalue weighted by atomic mass is 31.2. The molecule has 0 aliphatic heterocycles. The first-order chi connectivity index (χ1) is 45.2. The van der Waals surface area contributed by atoms with Gasteiger partial charge in [0.1, 0.15) is 19.3 Å². The predicted octanol–water partition coefficient (Wildman–Crippen LogP) is 21.8. The quantitative estimate of drug-likeness (QED) is 0.0222. The second-order valence-corrected chi connectivity index (χ2v) is 31.4. The number of esters is 4. The highest BCUT2D eigenvalue weighted by Gasteiger charge is 2.30. The molecule has 0 heterocycles. The maximum atomic E-state index is 13.1. The highest BCUT2D eigenvalue weighted by Crippen LogP contribution is 2.45. The first kappa shape index (κ1) is 92.1. The Morgan fingerprint density at radius 3 is 0.723 bits per heavy atom. The molecule has 5 atom stereocenters. The van der Waals surface area contributed by atoms with Crippen LogP contribution in [-0.2, 0) is 65.4 Å². The zero-order valence-electron chi connectivity index (χ0n) is 61.4. The molecule has 3 N–H and O–H groups in total. The number of carbonyl (C=O) groups is 4. The topological polar surface area (TPSA) is 237 Å². The molecule has 0 aromatic heterocycles. The van der Waals surface area contributed by atoms with Crippen LogP contribution < -0.4 is 0 Å². The molecule has 0 amide bonds. The van der Waals surface area contributed by atoms with E-state index in [1.54, 1.807) is 0 Å². The summed E-state index contributed by atoms with van der Waals surface area (Å²) in [4.78, 5) is 72.8. The van der Waals surface area contributed by atoms with Crippen molar-refractivity contribution in [3.8, 4) is 0 Å². The largest absolute Gasteiger partial charge is 0.472 e. The minimum Gasteiger partial charge on any atom is -0.462 e. The molecule has 0 radical (unpaired) electrons. The Morgan fingerprint density at radius 2 is 0.489 bits per heavy atom. The number of phosphoric acid groups is 2. The van der Waals surface area contributed by atoms with Crippen molar-refractivity contribution in [3.05, 3.63) is 0 Å². The van der Waals surface area contributed by atoms with E-state index in [4.69, 9.17) is 37.0 Å². The van der Waals surface area contributed by atoms with Crippen molar-refractivity contribution in [2.75, 3.05) is 39.6 Å². The number of hydrogen-bond donors (Lipinski definition) is 3. The van der Waals surface area contributed by atoms with Gasteiger partial charge in [-0.05, 0) is 43.4 Å². The maximum Gasteiger partial charge on any atom is 0.472 e. The van der Waals surface area contributed by atoms with Crippen LogP contribution in [0.25, 0.3) is 0 Å². The lowest BCUT2D eigenvalue weighted by molar-refractivity contribution is -0.161. The van der Waals surface area contributed by atoms with Gasteiger partial charge in [0.2, 0.25) is 0 Å². The molecule has 0 aliphatic rings. The van der Waals surface area contributed by atoms with Gasteiger partial charge in [0.05, 0.1) is 26.4 Å². The Bertz CT molecular complexity index is 1840. The van der Waals surface area contributed by atoms with Gasteiger partial charge in [-0.1, -0.05) is 331 Å². The lowest BCUT2D eigenvalue weighted by atomic mass is 10.0. The van der Waals surface area contributed by atoms with Crippen molar-refractivity contribution in [3.63, 3.8) is 0 Å². The lowest BCUT2D eigenvalue weighted by Gasteiger charge is -2.21. The van der Waals surface area contributed by atoms with Crippen LogP contribution in [-0.4, -0.2) is 96.7 Å². The molecule has 2 unspecified atom stereocenters. The number of carbonyl (C=O) groups excluding carboxylic acids is 4. The Labute approximate surface area is 575 Å². The van der Waals surface area contributed by atoms with E-state index in [9.17, 15) is 43.2 Å². The average Bonchev–Trinajstić information content (AvgIpc) is 2.75. The van der Waals surface area contributed by atoms with E-state index in [1.165, 1.54) is 193 Å². The molecule has 558 valence electrons. The Kier molecular flexibility index (Phi) is 64.3. The van der Waals surface area contributed by atoms with Crippen LogP contribution in [0.3, 0.4) is 0 Å². The van der Waals surface area contributed by atoms with Gasteiger partial charge < -0.3 is 33.8 Å².